The van der Waals surface area contributed by atoms with E-state index in [1.807, 2.05) is 0 Å². The molecule has 0 rings (SSSR count). The zero-order valence-electron chi connectivity index (χ0n) is 8.65. The summed E-state index contributed by atoms with van der Waals surface area (Å²) in [5.74, 6) is 0.787. The molecule has 0 bridgehead atoms. The lowest BCUT2D eigenvalue weighted by atomic mass is 9.73. The van der Waals surface area contributed by atoms with Gasteiger partial charge in [0.15, 0.2) is 0 Å². The molecule has 0 radical (unpaired) electrons. The van der Waals surface area contributed by atoms with Gasteiger partial charge in [0.1, 0.15) is 0 Å². The van der Waals surface area contributed by atoms with E-state index in [-0.39, 0.29) is 0 Å². The molecule has 0 N–H and O–H groups in total. The van der Waals surface area contributed by atoms with Crippen LogP contribution in [0.3, 0.4) is 0 Å². The Kier molecular flexibility index (Phi) is 4.63. The maximum absolute atomic E-state index is 2.95. The predicted molar refractivity (Wildman–Crippen MR) is 57.0 cm³/mol. The second-order valence-corrected chi connectivity index (χ2v) is 5.20. The average molecular weight is 174 g/mol. The van der Waals surface area contributed by atoms with E-state index >= 15 is 0 Å². The second-order valence-electron chi connectivity index (χ2n) is 4.20. The summed E-state index contributed by atoms with van der Waals surface area (Å²) in [6.07, 6.45) is 2.64. The van der Waals surface area contributed by atoms with Crippen LogP contribution in [0.5, 0.6) is 0 Å². The third-order valence-electron chi connectivity index (χ3n) is 3.15. The Bertz CT molecular complexity index is 97.4. The van der Waals surface area contributed by atoms with Crippen molar-refractivity contribution < 1.29 is 0 Å². The maximum atomic E-state index is 2.95. The van der Waals surface area contributed by atoms with Gasteiger partial charge in [0.2, 0.25) is 0 Å². The Labute approximate surface area is 74.4 Å². The van der Waals surface area contributed by atoms with Crippen molar-refractivity contribution >= 4 is 9.24 Å². The first-order valence-electron chi connectivity index (χ1n) is 4.70. The van der Waals surface area contributed by atoms with Crippen LogP contribution < -0.4 is 0 Å². The van der Waals surface area contributed by atoms with Gasteiger partial charge in [0.05, 0.1) is 0 Å². The van der Waals surface area contributed by atoms with Crippen molar-refractivity contribution in [3.8, 4) is 0 Å². The minimum absolute atomic E-state index is 0.513. The lowest BCUT2D eigenvalue weighted by Gasteiger charge is -2.37. The monoisotopic (exact) mass is 174 g/mol. The normalized spacial score (nSPS) is 19.9. The third kappa shape index (κ3) is 2.75. The quantitative estimate of drug-likeness (QED) is 0.570. The molecule has 0 aromatic rings. The molecule has 0 aliphatic rings. The van der Waals surface area contributed by atoms with E-state index in [4.69, 9.17) is 0 Å². The summed E-state index contributed by atoms with van der Waals surface area (Å²) in [6, 6.07) is 0. The molecule has 0 nitrogen and oxygen atoms in total. The molecule has 11 heavy (non-hydrogen) atoms. The van der Waals surface area contributed by atoms with E-state index in [0.717, 1.165) is 11.6 Å². The van der Waals surface area contributed by atoms with E-state index in [1.165, 1.54) is 12.8 Å². The fraction of sp³-hybridized carbons (Fsp3) is 1.00. The molecule has 0 saturated heterocycles. The fourth-order valence-electron chi connectivity index (χ4n) is 1.58. The number of hydrogen-bond acceptors (Lipinski definition) is 0. The van der Waals surface area contributed by atoms with Crippen molar-refractivity contribution in [2.45, 2.75) is 53.1 Å². The van der Waals surface area contributed by atoms with Crippen molar-refractivity contribution in [3.05, 3.63) is 0 Å². The summed E-state index contributed by atoms with van der Waals surface area (Å²) < 4.78 is 0. The summed E-state index contributed by atoms with van der Waals surface area (Å²) in [5.41, 5.74) is 1.24. The van der Waals surface area contributed by atoms with Crippen molar-refractivity contribution in [3.63, 3.8) is 0 Å². The first-order chi connectivity index (χ1) is 4.95. The topological polar surface area (TPSA) is 0 Å². The number of rotatable bonds is 4. The van der Waals surface area contributed by atoms with E-state index in [2.05, 4.69) is 43.9 Å². The van der Waals surface area contributed by atoms with Crippen LogP contribution in [-0.2, 0) is 0 Å². The Morgan fingerprint density at radius 1 is 1.27 bits per heavy atom. The second kappa shape index (κ2) is 4.45. The average Bonchev–Trinajstić information content (AvgIpc) is 1.87. The van der Waals surface area contributed by atoms with Crippen LogP contribution in [0, 0.1) is 11.3 Å². The van der Waals surface area contributed by atoms with Gasteiger partial charge in [0.25, 0.3) is 0 Å². The van der Waals surface area contributed by atoms with Crippen LogP contribution >= 0.6 is 9.24 Å². The van der Waals surface area contributed by atoms with Gasteiger partial charge in [0, 0.05) is 0 Å². The largest absolute Gasteiger partial charge is 0.134 e. The highest BCUT2D eigenvalue weighted by Gasteiger charge is 2.30. The van der Waals surface area contributed by atoms with Crippen LogP contribution in [0.25, 0.3) is 0 Å². The van der Waals surface area contributed by atoms with E-state index in [0.29, 0.717) is 5.41 Å². The molecule has 0 amide bonds. The van der Waals surface area contributed by atoms with Crippen LogP contribution in [0.4, 0.5) is 0 Å². The van der Waals surface area contributed by atoms with Crippen molar-refractivity contribution in [1.29, 1.82) is 0 Å². The van der Waals surface area contributed by atoms with E-state index < -0.39 is 0 Å². The summed E-state index contributed by atoms with van der Waals surface area (Å²) in [7, 11) is 2.95. The highest BCUT2D eigenvalue weighted by Crippen LogP contribution is 2.39. The number of hydrogen-bond donors (Lipinski definition) is 0. The molecule has 0 aliphatic carbocycles. The van der Waals surface area contributed by atoms with Gasteiger partial charge < -0.3 is 0 Å². The summed E-state index contributed by atoms with van der Waals surface area (Å²) >= 11 is 0. The van der Waals surface area contributed by atoms with E-state index in [9.17, 15) is 0 Å². The van der Waals surface area contributed by atoms with E-state index in [1.54, 1.807) is 0 Å². The standard InChI is InChI=1S/C10H23P/c1-6-7-10(5,8(2)3)9(4)11/h8-9H,6-7,11H2,1-5H3. The fourth-order valence-corrected chi connectivity index (χ4v) is 2.13. The molecule has 0 aromatic carbocycles. The molecule has 0 saturated carbocycles. The van der Waals surface area contributed by atoms with Crippen LogP contribution in [-0.4, -0.2) is 5.66 Å². The highest BCUT2D eigenvalue weighted by molar-refractivity contribution is 7.17. The van der Waals surface area contributed by atoms with Crippen LogP contribution in [0.1, 0.15) is 47.5 Å². The van der Waals surface area contributed by atoms with Gasteiger partial charge in [-0.05, 0) is 23.4 Å². The summed E-state index contributed by atoms with van der Waals surface area (Å²) in [4.78, 5) is 0. The van der Waals surface area contributed by atoms with Gasteiger partial charge >= 0.3 is 0 Å². The van der Waals surface area contributed by atoms with Gasteiger partial charge in [-0.3, -0.25) is 0 Å². The highest BCUT2D eigenvalue weighted by atomic mass is 31.0. The zero-order valence-corrected chi connectivity index (χ0v) is 9.80. The van der Waals surface area contributed by atoms with Gasteiger partial charge in [-0.1, -0.05) is 41.0 Å². The van der Waals surface area contributed by atoms with Crippen molar-refractivity contribution in [2.24, 2.45) is 11.3 Å². The van der Waals surface area contributed by atoms with Crippen LogP contribution in [0.15, 0.2) is 0 Å². The lowest BCUT2D eigenvalue weighted by Crippen LogP contribution is -2.31. The molecule has 3 atom stereocenters. The SMILES string of the molecule is CCCC(C)(C(C)C)C(C)P. The Balaban J connectivity index is 4.26. The summed E-state index contributed by atoms with van der Waals surface area (Å²) in [6.45, 7) is 11.6. The molecule has 68 valence electrons. The van der Waals surface area contributed by atoms with Crippen molar-refractivity contribution in [1.82, 2.24) is 0 Å². The minimum atomic E-state index is 0.513. The molecule has 0 aromatic heterocycles. The summed E-state index contributed by atoms with van der Waals surface area (Å²) in [5, 5.41) is 0. The molecular weight excluding hydrogens is 151 g/mol. The van der Waals surface area contributed by atoms with Crippen LogP contribution in [0.2, 0.25) is 0 Å². The molecule has 0 fully saturated rings. The first kappa shape index (κ1) is 11.4. The third-order valence-corrected chi connectivity index (χ3v) is 3.91. The van der Waals surface area contributed by atoms with Gasteiger partial charge in [-0.2, -0.15) is 0 Å². The molecule has 0 spiro atoms. The lowest BCUT2D eigenvalue weighted by molar-refractivity contribution is 0.196. The zero-order chi connectivity index (χ0) is 9.07. The predicted octanol–water partition coefficient (Wildman–Crippen LogP) is 3.71. The molecule has 0 aliphatic heterocycles. The Morgan fingerprint density at radius 3 is 1.82 bits per heavy atom. The Hall–Kier alpha value is 0.430. The first-order valence-corrected chi connectivity index (χ1v) is 5.37. The van der Waals surface area contributed by atoms with Crippen molar-refractivity contribution in [2.75, 3.05) is 0 Å². The molecule has 1 heteroatoms. The smallest absolute Gasteiger partial charge is 0.0236 e. The van der Waals surface area contributed by atoms with Gasteiger partial charge in [-0.25, -0.2) is 0 Å². The molecular formula is C10H23P. The molecule has 3 unspecified atom stereocenters. The van der Waals surface area contributed by atoms with Gasteiger partial charge in [-0.15, -0.1) is 9.24 Å². The minimum Gasteiger partial charge on any atom is -0.134 e. The molecule has 0 heterocycles. The maximum Gasteiger partial charge on any atom is -0.0236 e. The Morgan fingerprint density at radius 2 is 1.73 bits per heavy atom.